The van der Waals surface area contributed by atoms with Crippen LogP contribution in [0.15, 0.2) is 24.3 Å². The second-order valence-electron chi connectivity index (χ2n) is 4.46. The van der Waals surface area contributed by atoms with Gasteiger partial charge in [0, 0.05) is 0 Å². The first-order valence-corrected chi connectivity index (χ1v) is 5.68. The van der Waals surface area contributed by atoms with Crippen LogP contribution >= 0.6 is 0 Å². The van der Waals surface area contributed by atoms with Gasteiger partial charge in [0.15, 0.2) is 0 Å². The zero-order valence-electron chi connectivity index (χ0n) is 10.6. The molecule has 0 spiro atoms. The van der Waals surface area contributed by atoms with Crippen molar-refractivity contribution in [3.05, 3.63) is 29.8 Å². The first-order valence-electron chi connectivity index (χ1n) is 5.68. The average Bonchev–Trinajstić information content (AvgIpc) is 2.37. The average molecular weight is 278 g/mol. The van der Waals surface area contributed by atoms with Gasteiger partial charge >= 0.3 is 12.1 Å². The lowest BCUT2D eigenvalue weighted by Crippen LogP contribution is -2.33. The fourth-order valence-electron chi connectivity index (χ4n) is 1.26. The molecule has 1 aromatic carbocycles. The summed E-state index contributed by atoms with van der Waals surface area (Å²) in [6, 6.07) is 3.93. The van der Waals surface area contributed by atoms with Gasteiger partial charge in [-0.1, -0.05) is 13.0 Å². The monoisotopic (exact) mass is 278 g/mol. The van der Waals surface area contributed by atoms with Crippen LogP contribution in [0.4, 0.5) is 17.6 Å². The van der Waals surface area contributed by atoms with Gasteiger partial charge in [0.25, 0.3) is 0 Å². The first kappa shape index (κ1) is 15.5. The van der Waals surface area contributed by atoms with Crippen molar-refractivity contribution in [3.8, 4) is 5.75 Å². The quantitative estimate of drug-likeness (QED) is 0.473. The Morgan fingerprint density at radius 2 is 1.95 bits per heavy atom. The van der Waals surface area contributed by atoms with Crippen molar-refractivity contribution in [2.45, 2.75) is 26.4 Å². The summed E-state index contributed by atoms with van der Waals surface area (Å²) < 4.78 is 55.0. The van der Waals surface area contributed by atoms with Gasteiger partial charge in [-0.25, -0.2) is 4.39 Å². The van der Waals surface area contributed by atoms with Crippen molar-refractivity contribution < 1.29 is 27.1 Å². The molecule has 0 saturated carbocycles. The topological polar surface area (TPSA) is 26.3 Å². The van der Waals surface area contributed by atoms with E-state index in [1.165, 1.54) is 13.0 Å². The van der Waals surface area contributed by atoms with Crippen LogP contribution in [0, 0.1) is 5.41 Å². The third-order valence-corrected chi connectivity index (χ3v) is 2.94. The third kappa shape index (κ3) is 3.68. The van der Waals surface area contributed by atoms with Crippen LogP contribution in [-0.2, 0) is 11.0 Å². The van der Waals surface area contributed by atoms with Crippen molar-refractivity contribution in [2.24, 2.45) is 5.41 Å². The number of benzene rings is 1. The Bertz CT molecular complexity index is 450. The van der Waals surface area contributed by atoms with Crippen molar-refractivity contribution in [1.29, 1.82) is 0 Å². The van der Waals surface area contributed by atoms with Crippen LogP contribution in [-0.4, -0.2) is 12.6 Å². The molecule has 0 aliphatic carbocycles. The van der Waals surface area contributed by atoms with E-state index in [4.69, 9.17) is 4.74 Å². The Balaban J connectivity index is 2.92. The van der Waals surface area contributed by atoms with Crippen molar-refractivity contribution >= 4 is 5.97 Å². The standard InChI is InChI=1S/C13H14F4O2/c1-3-12(2,8-14)11(18)19-10-6-4-5-9(7-10)13(15,16)17/h4-7H,3,8H2,1-2H3. The molecule has 1 unspecified atom stereocenters. The zero-order valence-corrected chi connectivity index (χ0v) is 10.6. The van der Waals surface area contributed by atoms with Crippen molar-refractivity contribution in [3.63, 3.8) is 0 Å². The molecule has 106 valence electrons. The van der Waals surface area contributed by atoms with Crippen LogP contribution in [0.5, 0.6) is 5.75 Å². The molecule has 0 aliphatic heterocycles. The molecule has 0 bridgehead atoms. The number of halogens is 4. The zero-order chi connectivity index (χ0) is 14.7. The van der Waals surface area contributed by atoms with Crippen LogP contribution < -0.4 is 4.74 Å². The number of ether oxygens (including phenoxy) is 1. The molecule has 0 aromatic heterocycles. The van der Waals surface area contributed by atoms with E-state index < -0.39 is 29.8 Å². The van der Waals surface area contributed by atoms with Gasteiger partial charge in [-0.15, -0.1) is 0 Å². The van der Waals surface area contributed by atoms with E-state index in [2.05, 4.69) is 0 Å². The molecule has 1 atom stereocenters. The third-order valence-electron chi connectivity index (χ3n) is 2.94. The van der Waals surface area contributed by atoms with Gasteiger partial charge in [-0.05, 0) is 31.5 Å². The Morgan fingerprint density at radius 3 is 2.42 bits per heavy atom. The summed E-state index contributed by atoms with van der Waals surface area (Å²) in [5.41, 5.74) is -2.26. The lowest BCUT2D eigenvalue weighted by molar-refractivity contribution is -0.146. The Kier molecular flexibility index (Phi) is 4.55. The highest BCUT2D eigenvalue weighted by Crippen LogP contribution is 2.32. The molecule has 1 rings (SSSR count). The number of rotatable bonds is 4. The maximum Gasteiger partial charge on any atom is 0.416 e. The van der Waals surface area contributed by atoms with Crippen LogP contribution in [0.1, 0.15) is 25.8 Å². The van der Waals surface area contributed by atoms with Crippen molar-refractivity contribution in [2.75, 3.05) is 6.67 Å². The summed E-state index contributed by atoms with van der Waals surface area (Å²) in [7, 11) is 0. The SMILES string of the molecule is CCC(C)(CF)C(=O)Oc1cccc(C(F)(F)F)c1. The summed E-state index contributed by atoms with van der Waals surface area (Å²) >= 11 is 0. The van der Waals surface area contributed by atoms with E-state index in [0.717, 1.165) is 12.1 Å². The number of carbonyl (C=O) groups excluding carboxylic acids is 1. The second kappa shape index (κ2) is 5.59. The van der Waals surface area contributed by atoms with E-state index >= 15 is 0 Å². The Morgan fingerprint density at radius 1 is 1.32 bits per heavy atom. The van der Waals surface area contributed by atoms with Crippen LogP contribution in [0.25, 0.3) is 0 Å². The largest absolute Gasteiger partial charge is 0.426 e. The normalized spacial score (nSPS) is 14.8. The number of carbonyl (C=O) groups is 1. The highest BCUT2D eigenvalue weighted by molar-refractivity contribution is 5.78. The highest BCUT2D eigenvalue weighted by atomic mass is 19.4. The number of hydrogen-bond acceptors (Lipinski definition) is 2. The number of hydrogen-bond donors (Lipinski definition) is 0. The first-order chi connectivity index (χ1) is 8.73. The second-order valence-corrected chi connectivity index (χ2v) is 4.46. The molecule has 6 heteroatoms. The van der Waals surface area contributed by atoms with E-state index in [1.54, 1.807) is 6.92 Å². The maximum absolute atomic E-state index is 12.8. The van der Waals surface area contributed by atoms with E-state index in [9.17, 15) is 22.4 Å². The smallest absolute Gasteiger partial charge is 0.416 e. The van der Waals surface area contributed by atoms with E-state index in [-0.39, 0.29) is 12.2 Å². The molecule has 1 aromatic rings. The number of esters is 1. The van der Waals surface area contributed by atoms with E-state index in [0.29, 0.717) is 6.07 Å². The summed E-state index contributed by atoms with van der Waals surface area (Å²) in [6.07, 6.45) is -4.32. The van der Waals surface area contributed by atoms with Gasteiger partial charge < -0.3 is 4.74 Å². The minimum atomic E-state index is -4.52. The maximum atomic E-state index is 12.8. The molecule has 2 nitrogen and oxygen atoms in total. The summed E-state index contributed by atoms with van der Waals surface area (Å²) in [5, 5.41) is 0. The van der Waals surface area contributed by atoms with Gasteiger partial charge in [0.1, 0.15) is 12.4 Å². The van der Waals surface area contributed by atoms with Crippen molar-refractivity contribution in [1.82, 2.24) is 0 Å². The molecule has 0 aliphatic rings. The fourth-order valence-corrected chi connectivity index (χ4v) is 1.26. The van der Waals surface area contributed by atoms with Gasteiger partial charge in [-0.3, -0.25) is 4.79 Å². The van der Waals surface area contributed by atoms with Gasteiger partial charge in [0.05, 0.1) is 11.0 Å². The highest BCUT2D eigenvalue weighted by Gasteiger charge is 2.35. The Labute approximate surface area is 108 Å². The molecule has 0 N–H and O–H groups in total. The summed E-state index contributed by atoms with van der Waals surface area (Å²) in [5.74, 6) is -1.12. The molecule has 19 heavy (non-hydrogen) atoms. The molecular weight excluding hydrogens is 264 g/mol. The fraction of sp³-hybridized carbons (Fsp3) is 0.462. The Hall–Kier alpha value is -1.59. The molecule has 0 heterocycles. The van der Waals surface area contributed by atoms with E-state index in [1.807, 2.05) is 0 Å². The predicted octanol–water partition coefficient (Wildman–Crippen LogP) is 4.00. The molecule has 0 saturated heterocycles. The van der Waals surface area contributed by atoms with Gasteiger partial charge in [-0.2, -0.15) is 13.2 Å². The predicted molar refractivity (Wildman–Crippen MR) is 61.5 cm³/mol. The molecule has 0 amide bonds. The number of alkyl halides is 4. The molecule has 0 radical (unpaired) electrons. The lowest BCUT2D eigenvalue weighted by atomic mass is 9.89. The van der Waals surface area contributed by atoms with Gasteiger partial charge in [0.2, 0.25) is 0 Å². The summed E-state index contributed by atoms with van der Waals surface area (Å²) in [6.45, 7) is 2.04. The molecular formula is C13H14F4O2. The minimum absolute atomic E-state index is 0.196. The van der Waals surface area contributed by atoms with Crippen LogP contribution in [0.2, 0.25) is 0 Å². The summed E-state index contributed by atoms with van der Waals surface area (Å²) in [4.78, 5) is 11.7. The molecule has 0 fully saturated rings. The van der Waals surface area contributed by atoms with Crippen LogP contribution in [0.3, 0.4) is 0 Å². The lowest BCUT2D eigenvalue weighted by Gasteiger charge is -2.22. The minimum Gasteiger partial charge on any atom is -0.426 e.